The Morgan fingerprint density at radius 1 is 1.20 bits per heavy atom. The molecule has 0 atom stereocenters. The molecule has 3 aromatic rings. The quantitative estimate of drug-likeness (QED) is 0.696. The molecular formula is C19H15ClN2O2S. The van der Waals surface area contributed by atoms with Gasteiger partial charge in [0.05, 0.1) is 11.2 Å². The van der Waals surface area contributed by atoms with Crippen LogP contribution < -0.4 is 0 Å². The van der Waals surface area contributed by atoms with Crippen LogP contribution in [0.3, 0.4) is 0 Å². The summed E-state index contributed by atoms with van der Waals surface area (Å²) in [6.45, 7) is -0.170. The summed E-state index contributed by atoms with van der Waals surface area (Å²) in [7, 11) is 1.67. The monoisotopic (exact) mass is 370 g/mol. The second-order valence-corrected chi connectivity index (χ2v) is 6.46. The lowest BCUT2D eigenvalue weighted by atomic mass is 10.0. The van der Waals surface area contributed by atoms with Crippen molar-refractivity contribution in [3.05, 3.63) is 65.2 Å². The molecule has 4 nitrogen and oxygen atoms in total. The van der Waals surface area contributed by atoms with Gasteiger partial charge in [0.1, 0.15) is 11.5 Å². The van der Waals surface area contributed by atoms with Crippen molar-refractivity contribution in [2.24, 2.45) is 0 Å². The van der Waals surface area contributed by atoms with Gasteiger partial charge in [-0.2, -0.15) is 0 Å². The summed E-state index contributed by atoms with van der Waals surface area (Å²) in [6.07, 6.45) is 0. The lowest BCUT2D eigenvalue weighted by molar-refractivity contribution is -0.137. The van der Waals surface area contributed by atoms with Crippen molar-refractivity contribution in [3.8, 4) is 11.3 Å². The van der Waals surface area contributed by atoms with Crippen LogP contribution in [0.1, 0.15) is 5.56 Å². The number of aliphatic carboxylic acids is 1. The van der Waals surface area contributed by atoms with Crippen LogP contribution in [0.2, 0.25) is 5.02 Å². The minimum atomic E-state index is -0.936. The number of carboxylic acid groups (broad SMARTS) is 1. The number of halogens is 1. The fourth-order valence-electron chi connectivity index (χ4n) is 2.62. The molecule has 2 aromatic carbocycles. The summed E-state index contributed by atoms with van der Waals surface area (Å²) in [5.74, 6) is -0.936. The average Bonchev–Trinajstić information content (AvgIpc) is 2.60. The van der Waals surface area contributed by atoms with Gasteiger partial charge in [-0.15, -0.1) is 0 Å². The molecule has 1 N–H and O–H groups in total. The number of pyridine rings is 1. The molecule has 126 valence electrons. The van der Waals surface area contributed by atoms with Gasteiger partial charge < -0.3 is 10.0 Å². The predicted molar refractivity (Wildman–Crippen MR) is 104 cm³/mol. The topological polar surface area (TPSA) is 53.4 Å². The number of carbonyl (C=O) groups is 1. The van der Waals surface area contributed by atoms with E-state index in [1.807, 2.05) is 42.5 Å². The van der Waals surface area contributed by atoms with E-state index in [4.69, 9.17) is 33.9 Å². The summed E-state index contributed by atoms with van der Waals surface area (Å²) in [6, 6.07) is 17.1. The molecule has 3 rings (SSSR count). The van der Waals surface area contributed by atoms with Crippen molar-refractivity contribution in [2.45, 2.75) is 0 Å². The van der Waals surface area contributed by atoms with Gasteiger partial charge in [0.25, 0.3) is 0 Å². The molecule has 0 spiro atoms. The average molecular weight is 371 g/mol. The maximum absolute atomic E-state index is 11.0. The Morgan fingerprint density at radius 2 is 1.92 bits per heavy atom. The van der Waals surface area contributed by atoms with Gasteiger partial charge in [-0.3, -0.25) is 4.79 Å². The number of hydrogen-bond donors (Lipinski definition) is 1. The van der Waals surface area contributed by atoms with E-state index in [1.54, 1.807) is 19.2 Å². The largest absolute Gasteiger partial charge is 0.480 e. The number of fused-ring (bicyclic) bond motifs is 1. The SMILES string of the molecule is CN(CC(=O)O)C(=S)c1cc(-c2ccccc2)nc2cc(Cl)ccc12. The van der Waals surface area contributed by atoms with E-state index in [1.165, 1.54) is 4.90 Å². The lowest BCUT2D eigenvalue weighted by Crippen LogP contribution is -2.31. The van der Waals surface area contributed by atoms with E-state index in [2.05, 4.69) is 0 Å². The van der Waals surface area contributed by atoms with Gasteiger partial charge in [0.2, 0.25) is 0 Å². The second kappa shape index (κ2) is 7.17. The van der Waals surface area contributed by atoms with Crippen LogP contribution in [0.5, 0.6) is 0 Å². The lowest BCUT2D eigenvalue weighted by Gasteiger charge is -2.20. The Balaban J connectivity index is 2.18. The number of nitrogens with zero attached hydrogens (tertiary/aromatic N) is 2. The Labute approximate surface area is 155 Å². The minimum absolute atomic E-state index is 0.170. The van der Waals surface area contributed by atoms with E-state index in [0.717, 1.165) is 27.7 Å². The van der Waals surface area contributed by atoms with Crippen LogP contribution in [0.4, 0.5) is 0 Å². The molecule has 1 heterocycles. The predicted octanol–water partition coefficient (Wildman–Crippen LogP) is 4.25. The van der Waals surface area contributed by atoms with Crippen LogP contribution in [-0.4, -0.2) is 39.5 Å². The molecule has 0 aliphatic carbocycles. The first-order chi connectivity index (χ1) is 12.0. The highest BCUT2D eigenvalue weighted by Crippen LogP contribution is 2.27. The summed E-state index contributed by atoms with van der Waals surface area (Å²) >= 11 is 11.7. The zero-order valence-corrected chi connectivity index (χ0v) is 15.0. The fourth-order valence-corrected chi connectivity index (χ4v) is 3.02. The molecule has 6 heteroatoms. The third-order valence-electron chi connectivity index (χ3n) is 3.79. The number of benzene rings is 2. The van der Waals surface area contributed by atoms with Crippen LogP contribution in [0, 0.1) is 0 Å². The van der Waals surface area contributed by atoms with Crippen LogP contribution in [0.15, 0.2) is 54.6 Å². The third kappa shape index (κ3) is 3.78. The molecule has 0 aliphatic heterocycles. The van der Waals surface area contributed by atoms with E-state index >= 15 is 0 Å². The fraction of sp³-hybridized carbons (Fsp3) is 0.105. The first kappa shape index (κ1) is 17.3. The Hall–Kier alpha value is -2.50. The molecule has 0 radical (unpaired) electrons. The summed E-state index contributed by atoms with van der Waals surface area (Å²) in [5.41, 5.74) is 3.19. The van der Waals surface area contributed by atoms with Crippen molar-refractivity contribution in [3.63, 3.8) is 0 Å². The Morgan fingerprint density at radius 3 is 2.60 bits per heavy atom. The van der Waals surface area contributed by atoms with Gasteiger partial charge in [-0.1, -0.05) is 60.2 Å². The van der Waals surface area contributed by atoms with Gasteiger partial charge >= 0.3 is 5.97 Å². The summed E-state index contributed by atoms with van der Waals surface area (Å²) in [5, 5.41) is 10.5. The number of thiocarbonyl (C=S) groups is 1. The van der Waals surface area contributed by atoms with Crippen LogP contribution in [0.25, 0.3) is 22.2 Å². The highest BCUT2D eigenvalue weighted by molar-refractivity contribution is 7.80. The van der Waals surface area contributed by atoms with Crippen LogP contribution >= 0.6 is 23.8 Å². The molecule has 0 bridgehead atoms. The minimum Gasteiger partial charge on any atom is -0.480 e. The molecule has 0 amide bonds. The number of aromatic nitrogens is 1. The summed E-state index contributed by atoms with van der Waals surface area (Å²) in [4.78, 5) is 17.7. The molecule has 0 saturated heterocycles. The number of carboxylic acids is 1. The van der Waals surface area contributed by atoms with Crippen molar-refractivity contribution in [1.82, 2.24) is 9.88 Å². The van der Waals surface area contributed by atoms with E-state index in [0.29, 0.717) is 10.0 Å². The van der Waals surface area contributed by atoms with Gasteiger partial charge in [-0.25, -0.2) is 4.98 Å². The normalized spacial score (nSPS) is 10.6. The zero-order valence-electron chi connectivity index (χ0n) is 13.4. The first-order valence-electron chi connectivity index (χ1n) is 7.58. The van der Waals surface area contributed by atoms with E-state index < -0.39 is 5.97 Å². The summed E-state index contributed by atoms with van der Waals surface area (Å²) < 4.78 is 0. The highest BCUT2D eigenvalue weighted by atomic mass is 35.5. The number of likely N-dealkylation sites (N-methyl/N-ethyl adjacent to an activating group) is 1. The van der Waals surface area contributed by atoms with Crippen molar-refractivity contribution >= 4 is 45.7 Å². The smallest absolute Gasteiger partial charge is 0.323 e. The maximum Gasteiger partial charge on any atom is 0.323 e. The van der Waals surface area contributed by atoms with Gasteiger partial charge in [-0.05, 0) is 18.2 Å². The van der Waals surface area contributed by atoms with Crippen molar-refractivity contribution in [2.75, 3.05) is 13.6 Å². The number of rotatable bonds is 4. The standard InChI is InChI=1S/C19H15ClN2O2S/c1-22(11-18(23)24)19(25)15-10-16(12-5-3-2-4-6-12)21-17-9-13(20)7-8-14(15)17/h2-10H,11H2,1H3,(H,23,24). The van der Waals surface area contributed by atoms with E-state index in [-0.39, 0.29) is 6.54 Å². The van der Waals surface area contributed by atoms with E-state index in [9.17, 15) is 4.79 Å². The third-order valence-corrected chi connectivity index (χ3v) is 4.56. The first-order valence-corrected chi connectivity index (χ1v) is 8.37. The van der Waals surface area contributed by atoms with Crippen molar-refractivity contribution in [1.29, 1.82) is 0 Å². The molecule has 0 fully saturated rings. The van der Waals surface area contributed by atoms with Gasteiger partial charge in [0.15, 0.2) is 0 Å². The second-order valence-electron chi connectivity index (χ2n) is 5.64. The Bertz CT molecular complexity index is 960. The molecule has 0 aliphatic rings. The molecule has 0 saturated carbocycles. The molecule has 0 unspecified atom stereocenters. The highest BCUT2D eigenvalue weighted by Gasteiger charge is 2.16. The van der Waals surface area contributed by atoms with Gasteiger partial charge in [0, 0.05) is 28.6 Å². The molecule has 25 heavy (non-hydrogen) atoms. The van der Waals surface area contributed by atoms with Crippen LogP contribution in [-0.2, 0) is 4.79 Å². The zero-order chi connectivity index (χ0) is 18.0. The molecule has 1 aromatic heterocycles. The Kier molecular flexibility index (Phi) is 4.97. The molecular weight excluding hydrogens is 356 g/mol. The van der Waals surface area contributed by atoms with Crippen molar-refractivity contribution < 1.29 is 9.90 Å². The maximum atomic E-state index is 11.0. The number of hydrogen-bond acceptors (Lipinski definition) is 3.